The third kappa shape index (κ3) is 3.23. The van der Waals surface area contributed by atoms with Gasteiger partial charge < -0.3 is 4.74 Å². The fourth-order valence-electron chi connectivity index (χ4n) is 3.61. The lowest BCUT2D eigenvalue weighted by Gasteiger charge is -2.12. The molecule has 0 amide bonds. The van der Waals surface area contributed by atoms with Crippen molar-refractivity contribution in [1.29, 1.82) is 0 Å². The van der Waals surface area contributed by atoms with Crippen LogP contribution in [-0.4, -0.2) is 6.36 Å². The predicted octanol–water partition coefficient (Wildman–Crippen LogP) is 6.66. The Morgan fingerprint density at radius 2 is 1.61 bits per heavy atom. The Balaban J connectivity index is 1.72. The van der Waals surface area contributed by atoms with Crippen LogP contribution in [0.1, 0.15) is 23.6 Å². The first-order valence-electron chi connectivity index (χ1n) is 8.76. The molecule has 0 spiro atoms. The maximum Gasteiger partial charge on any atom is 0.573 e. The number of hydrogen-bond acceptors (Lipinski definition) is 1. The van der Waals surface area contributed by atoms with Gasteiger partial charge in [0.15, 0.2) is 11.6 Å². The van der Waals surface area contributed by atoms with Gasteiger partial charge in [0.1, 0.15) is 5.82 Å². The fraction of sp³-hybridized carbons (Fsp3) is 0.182. The van der Waals surface area contributed by atoms with E-state index in [9.17, 15) is 17.6 Å². The molecule has 0 saturated carbocycles. The summed E-state index contributed by atoms with van der Waals surface area (Å²) < 4.78 is 69.7. The normalized spacial score (nSPS) is 12.6. The van der Waals surface area contributed by atoms with Crippen LogP contribution in [0.2, 0.25) is 0 Å². The molecule has 0 aliphatic heterocycles. The van der Waals surface area contributed by atoms with E-state index in [2.05, 4.69) is 10.8 Å². The summed E-state index contributed by atoms with van der Waals surface area (Å²) in [4.78, 5) is 0. The molecule has 0 saturated heterocycles. The second kappa shape index (κ2) is 6.62. The molecule has 28 heavy (non-hydrogen) atoms. The van der Waals surface area contributed by atoms with Gasteiger partial charge in [0.05, 0.1) is 0 Å². The Labute approximate surface area is 158 Å². The van der Waals surface area contributed by atoms with Crippen molar-refractivity contribution in [1.82, 2.24) is 0 Å². The van der Waals surface area contributed by atoms with Gasteiger partial charge in [-0.25, -0.2) is 8.78 Å². The molecule has 3 aromatic carbocycles. The van der Waals surface area contributed by atoms with Crippen LogP contribution in [0.15, 0.2) is 48.5 Å². The summed E-state index contributed by atoms with van der Waals surface area (Å²) in [5.74, 6) is -2.64. The SMILES string of the molecule is CCc1ccc2c(c1)Cc1c-2ccc(-c2ccc(OC(F)(F)F)c(F)c2)c1F. The fourth-order valence-corrected chi connectivity index (χ4v) is 3.61. The molecule has 3 aromatic rings. The molecule has 0 aromatic heterocycles. The highest BCUT2D eigenvalue weighted by Crippen LogP contribution is 2.41. The summed E-state index contributed by atoms with van der Waals surface area (Å²) in [5, 5.41) is 0. The van der Waals surface area contributed by atoms with E-state index in [4.69, 9.17) is 0 Å². The average molecular weight is 390 g/mol. The van der Waals surface area contributed by atoms with E-state index in [-0.39, 0.29) is 11.1 Å². The highest BCUT2D eigenvalue weighted by molar-refractivity contribution is 5.81. The van der Waals surface area contributed by atoms with Crippen molar-refractivity contribution in [2.24, 2.45) is 0 Å². The Bertz CT molecular complexity index is 1070. The summed E-state index contributed by atoms with van der Waals surface area (Å²) in [7, 11) is 0. The highest BCUT2D eigenvalue weighted by Gasteiger charge is 2.32. The summed E-state index contributed by atoms with van der Waals surface area (Å²) in [6.45, 7) is 2.04. The molecule has 1 nitrogen and oxygen atoms in total. The van der Waals surface area contributed by atoms with Gasteiger partial charge in [-0.1, -0.05) is 43.3 Å². The van der Waals surface area contributed by atoms with Gasteiger partial charge in [-0.15, -0.1) is 13.2 Å². The smallest absolute Gasteiger partial charge is 0.403 e. The summed E-state index contributed by atoms with van der Waals surface area (Å²) >= 11 is 0. The third-order valence-corrected chi connectivity index (χ3v) is 4.95. The van der Waals surface area contributed by atoms with E-state index in [1.165, 1.54) is 12.1 Å². The minimum absolute atomic E-state index is 0.139. The van der Waals surface area contributed by atoms with Crippen LogP contribution in [0.3, 0.4) is 0 Å². The average Bonchev–Trinajstić information content (AvgIpc) is 3.01. The first-order chi connectivity index (χ1) is 13.3. The molecular weight excluding hydrogens is 375 g/mol. The van der Waals surface area contributed by atoms with Crippen LogP contribution < -0.4 is 4.74 Å². The number of rotatable bonds is 3. The minimum Gasteiger partial charge on any atom is -0.403 e. The molecule has 6 heteroatoms. The van der Waals surface area contributed by atoms with E-state index in [1.807, 2.05) is 19.1 Å². The van der Waals surface area contributed by atoms with E-state index in [0.29, 0.717) is 12.0 Å². The first kappa shape index (κ1) is 18.5. The van der Waals surface area contributed by atoms with Gasteiger partial charge in [-0.05, 0) is 46.4 Å². The Hall–Kier alpha value is -2.89. The molecule has 0 N–H and O–H groups in total. The van der Waals surface area contributed by atoms with Gasteiger partial charge in [0.25, 0.3) is 0 Å². The topological polar surface area (TPSA) is 9.23 Å². The number of benzene rings is 3. The molecule has 1 aliphatic rings. The molecule has 1 aliphatic carbocycles. The Morgan fingerprint density at radius 3 is 2.29 bits per heavy atom. The first-order valence-corrected chi connectivity index (χ1v) is 8.76. The number of hydrogen-bond donors (Lipinski definition) is 0. The highest BCUT2D eigenvalue weighted by atomic mass is 19.4. The molecule has 144 valence electrons. The second-order valence-electron chi connectivity index (χ2n) is 6.67. The van der Waals surface area contributed by atoms with Gasteiger partial charge in [-0.2, -0.15) is 0 Å². The summed E-state index contributed by atoms with van der Waals surface area (Å²) in [6.07, 6.45) is -3.69. The molecular formula is C22H15F5O. The second-order valence-corrected chi connectivity index (χ2v) is 6.67. The minimum atomic E-state index is -5.00. The van der Waals surface area contributed by atoms with Crippen LogP contribution in [-0.2, 0) is 12.8 Å². The molecule has 4 rings (SSSR count). The van der Waals surface area contributed by atoms with Crippen LogP contribution in [0, 0.1) is 11.6 Å². The van der Waals surface area contributed by atoms with E-state index in [1.54, 1.807) is 6.07 Å². The van der Waals surface area contributed by atoms with Crippen LogP contribution in [0.4, 0.5) is 22.0 Å². The molecule has 0 fully saturated rings. The van der Waals surface area contributed by atoms with Gasteiger partial charge in [0, 0.05) is 17.5 Å². The lowest BCUT2D eigenvalue weighted by molar-refractivity contribution is -0.275. The van der Waals surface area contributed by atoms with Crippen molar-refractivity contribution in [2.75, 3.05) is 0 Å². The number of alkyl halides is 3. The molecule has 0 bridgehead atoms. The van der Waals surface area contributed by atoms with Gasteiger partial charge in [-0.3, -0.25) is 0 Å². The molecule has 0 radical (unpaired) electrons. The standard InChI is InChI=1S/C22H15F5O/c1-2-12-3-5-15-14(9-12)10-18-17(15)7-6-16(21(18)24)13-4-8-20(19(23)11-13)28-22(25,26)27/h3-9,11H,2,10H2,1H3. The predicted molar refractivity (Wildman–Crippen MR) is 96.1 cm³/mol. The van der Waals surface area contributed by atoms with Crippen molar-refractivity contribution >= 4 is 0 Å². The monoisotopic (exact) mass is 390 g/mol. The van der Waals surface area contributed by atoms with Crippen LogP contribution >= 0.6 is 0 Å². The Kier molecular flexibility index (Phi) is 4.37. The third-order valence-electron chi connectivity index (χ3n) is 4.95. The van der Waals surface area contributed by atoms with Crippen molar-refractivity contribution in [3.8, 4) is 28.0 Å². The number of ether oxygens (including phenoxy) is 1. The van der Waals surface area contributed by atoms with Crippen molar-refractivity contribution in [2.45, 2.75) is 26.1 Å². The van der Waals surface area contributed by atoms with Crippen molar-refractivity contribution in [3.05, 3.63) is 76.9 Å². The maximum atomic E-state index is 15.2. The maximum absolute atomic E-state index is 15.2. The quantitative estimate of drug-likeness (QED) is 0.355. The summed E-state index contributed by atoms with van der Waals surface area (Å²) in [5.41, 5.74) is 4.75. The Morgan fingerprint density at radius 1 is 0.893 bits per heavy atom. The zero-order valence-electron chi connectivity index (χ0n) is 14.8. The molecule has 0 unspecified atom stereocenters. The van der Waals surface area contributed by atoms with Gasteiger partial charge >= 0.3 is 6.36 Å². The van der Waals surface area contributed by atoms with E-state index >= 15 is 4.39 Å². The van der Waals surface area contributed by atoms with Crippen molar-refractivity contribution in [3.63, 3.8) is 0 Å². The van der Waals surface area contributed by atoms with Crippen LogP contribution in [0.5, 0.6) is 5.75 Å². The molecule has 0 atom stereocenters. The number of halogens is 5. The molecule has 0 heterocycles. The number of aryl methyl sites for hydroxylation is 1. The van der Waals surface area contributed by atoms with Crippen LogP contribution in [0.25, 0.3) is 22.3 Å². The zero-order chi connectivity index (χ0) is 20.1. The largest absolute Gasteiger partial charge is 0.573 e. The van der Waals surface area contributed by atoms with E-state index < -0.39 is 23.7 Å². The van der Waals surface area contributed by atoms with Gasteiger partial charge in [0.2, 0.25) is 0 Å². The van der Waals surface area contributed by atoms with Crippen molar-refractivity contribution < 1.29 is 26.7 Å². The lowest BCUT2D eigenvalue weighted by atomic mass is 9.98. The summed E-state index contributed by atoms with van der Waals surface area (Å²) in [6, 6.07) is 12.2. The lowest BCUT2D eigenvalue weighted by Crippen LogP contribution is -2.17. The van der Waals surface area contributed by atoms with E-state index in [0.717, 1.165) is 40.8 Å². The number of fused-ring (bicyclic) bond motifs is 3. The zero-order valence-corrected chi connectivity index (χ0v) is 14.8.